The second-order valence-corrected chi connectivity index (χ2v) is 5.52. The van der Waals surface area contributed by atoms with E-state index in [2.05, 4.69) is 22.0 Å². The van der Waals surface area contributed by atoms with Crippen molar-refractivity contribution in [3.8, 4) is 0 Å². The number of aryl methyl sites for hydroxylation is 1. The molecule has 1 aliphatic rings. The molecule has 1 aliphatic heterocycles. The van der Waals surface area contributed by atoms with Crippen LogP contribution in [0.4, 0.5) is 10.8 Å². The molecule has 0 amide bonds. The van der Waals surface area contributed by atoms with Crippen molar-refractivity contribution >= 4 is 40.0 Å². The molecule has 1 aromatic heterocycles. The Hall–Kier alpha value is -1.39. The zero-order valence-corrected chi connectivity index (χ0v) is 11.2. The van der Waals surface area contributed by atoms with Gasteiger partial charge in [-0.1, -0.05) is 41.1 Å². The zero-order valence-electron chi connectivity index (χ0n) is 9.60. The number of aldehydes is 1. The fourth-order valence-electron chi connectivity index (χ4n) is 2.22. The van der Waals surface area contributed by atoms with Gasteiger partial charge in [-0.25, -0.2) is 4.98 Å². The van der Waals surface area contributed by atoms with Crippen LogP contribution in [0.15, 0.2) is 24.3 Å². The standard InChI is InChI=1S/C13H11ClN2OS/c14-12-11(8-17)18-13(15-12)16-7-3-5-9-4-1-2-6-10(9)16/h1-2,4,6,8H,3,5,7H2. The van der Waals surface area contributed by atoms with Crippen LogP contribution in [0, 0.1) is 0 Å². The number of thiazole rings is 1. The highest BCUT2D eigenvalue weighted by atomic mass is 35.5. The molecule has 5 heteroatoms. The Labute approximate surface area is 114 Å². The summed E-state index contributed by atoms with van der Waals surface area (Å²) in [5.74, 6) is 0. The molecule has 0 atom stereocenters. The molecule has 0 bridgehead atoms. The Balaban J connectivity index is 2.05. The van der Waals surface area contributed by atoms with Gasteiger partial charge in [-0.2, -0.15) is 0 Å². The molecule has 3 rings (SSSR count). The number of hydrogen-bond acceptors (Lipinski definition) is 4. The lowest BCUT2D eigenvalue weighted by molar-refractivity contribution is 0.112. The Morgan fingerprint density at radius 1 is 1.39 bits per heavy atom. The van der Waals surface area contributed by atoms with E-state index in [1.165, 1.54) is 22.6 Å². The summed E-state index contributed by atoms with van der Waals surface area (Å²) in [7, 11) is 0. The smallest absolute Gasteiger partial charge is 0.191 e. The molecule has 18 heavy (non-hydrogen) atoms. The number of benzene rings is 1. The lowest BCUT2D eigenvalue weighted by Gasteiger charge is -2.28. The van der Waals surface area contributed by atoms with Crippen LogP contribution in [-0.4, -0.2) is 17.8 Å². The van der Waals surface area contributed by atoms with E-state index >= 15 is 0 Å². The van der Waals surface area contributed by atoms with Gasteiger partial charge in [0.05, 0.1) is 0 Å². The molecule has 0 spiro atoms. The molecular formula is C13H11ClN2OS. The predicted octanol–water partition coefficient (Wildman–Crippen LogP) is 3.69. The van der Waals surface area contributed by atoms with Gasteiger partial charge in [-0.15, -0.1) is 0 Å². The highest BCUT2D eigenvalue weighted by molar-refractivity contribution is 7.17. The van der Waals surface area contributed by atoms with Crippen LogP contribution in [0.5, 0.6) is 0 Å². The van der Waals surface area contributed by atoms with Crippen molar-refractivity contribution in [2.45, 2.75) is 12.8 Å². The van der Waals surface area contributed by atoms with Gasteiger partial charge in [-0.3, -0.25) is 4.79 Å². The average Bonchev–Trinajstić information content (AvgIpc) is 2.79. The van der Waals surface area contributed by atoms with Gasteiger partial charge < -0.3 is 4.90 Å². The molecule has 1 aromatic carbocycles. The quantitative estimate of drug-likeness (QED) is 0.786. The zero-order chi connectivity index (χ0) is 12.5. The van der Waals surface area contributed by atoms with Crippen molar-refractivity contribution in [2.24, 2.45) is 0 Å². The lowest BCUT2D eigenvalue weighted by Crippen LogP contribution is -2.24. The summed E-state index contributed by atoms with van der Waals surface area (Å²) in [6.07, 6.45) is 2.94. The third-order valence-electron chi connectivity index (χ3n) is 3.05. The van der Waals surface area contributed by atoms with E-state index in [1.54, 1.807) is 0 Å². The molecule has 0 saturated carbocycles. The van der Waals surface area contributed by atoms with E-state index < -0.39 is 0 Å². The van der Waals surface area contributed by atoms with Gasteiger partial charge >= 0.3 is 0 Å². The first kappa shape index (κ1) is 11.7. The van der Waals surface area contributed by atoms with Gasteiger partial charge in [0.1, 0.15) is 4.88 Å². The number of carbonyl (C=O) groups excluding carboxylic acids is 1. The highest BCUT2D eigenvalue weighted by Crippen LogP contribution is 2.37. The Bertz CT molecular complexity index is 596. The Morgan fingerprint density at radius 2 is 2.22 bits per heavy atom. The lowest BCUT2D eigenvalue weighted by atomic mass is 10.0. The monoisotopic (exact) mass is 278 g/mol. The van der Waals surface area contributed by atoms with Crippen LogP contribution in [0.25, 0.3) is 0 Å². The first-order valence-electron chi connectivity index (χ1n) is 5.76. The minimum absolute atomic E-state index is 0.299. The summed E-state index contributed by atoms with van der Waals surface area (Å²) in [6.45, 7) is 0.916. The summed E-state index contributed by atoms with van der Waals surface area (Å²) in [6, 6.07) is 8.29. The van der Waals surface area contributed by atoms with Crippen LogP contribution in [0.2, 0.25) is 5.15 Å². The van der Waals surface area contributed by atoms with E-state index in [9.17, 15) is 4.79 Å². The number of carbonyl (C=O) groups is 1. The van der Waals surface area contributed by atoms with Crippen LogP contribution >= 0.6 is 22.9 Å². The maximum absolute atomic E-state index is 10.8. The number of halogens is 1. The molecule has 0 fully saturated rings. The number of para-hydroxylation sites is 1. The minimum atomic E-state index is 0.299. The van der Waals surface area contributed by atoms with E-state index in [1.807, 2.05) is 12.1 Å². The second kappa shape index (κ2) is 4.71. The maximum atomic E-state index is 10.8. The highest BCUT2D eigenvalue weighted by Gasteiger charge is 2.21. The maximum Gasteiger partial charge on any atom is 0.191 e. The van der Waals surface area contributed by atoms with Crippen LogP contribution in [0.3, 0.4) is 0 Å². The van der Waals surface area contributed by atoms with Crippen molar-refractivity contribution < 1.29 is 4.79 Å². The van der Waals surface area contributed by atoms with Gasteiger partial charge in [-0.05, 0) is 24.5 Å². The van der Waals surface area contributed by atoms with Crippen LogP contribution in [-0.2, 0) is 6.42 Å². The predicted molar refractivity (Wildman–Crippen MR) is 74.3 cm³/mol. The average molecular weight is 279 g/mol. The first-order valence-corrected chi connectivity index (χ1v) is 6.96. The Kier molecular flexibility index (Phi) is 3.06. The summed E-state index contributed by atoms with van der Waals surface area (Å²) < 4.78 is 0. The molecule has 0 unspecified atom stereocenters. The number of anilines is 2. The molecule has 0 saturated heterocycles. The van der Waals surface area contributed by atoms with Crippen molar-refractivity contribution in [1.29, 1.82) is 0 Å². The number of hydrogen-bond donors (Lipinski definition) is 0. The molecule has 2 aromatic rings. The molecule has 0 radical (unpaired) electrons. The number of nitrogens with zero attached hydrogens (tertiary/aromatic N) is 2. The Morgan fingerprint density at radius 3 is 3.00 bits per heavy atom. The summed E-state index contributed by atoms with van der Waals surface area (Å²) in [5, 5.41) is 1.10. The molecule has 0 aliphatic carbocycles. The summed E-state index contributed by atoms with van der Waals surface area (Å²) >= 11 is 7.28. The van der Waals surface area contributed by atoms with E-state index in [0.717, 1.165) is 30.8 Å². The minimum Gasteiger partial charge on any atom is -0.317 e. The third kappa shape index (κ3) is 1.91. The van der Waals surface area contributed by atoms with Crippen molar-refractivity contribution in [3.63, 3.8) is 0 Å². The SMILES string of the molecule is O=Cc1sc(N2CCCc3ccccc32)nc1Cl. The molecule has 92 valence electrons. The third-order valence-corrected chi connectivity index (χ3v) is 4.45. The van der Waals surface area contributed by atoms with Crippen molar-refractivity contribution in [2.75, 3.05) is 11.4 Å². The van der Waals surface area contributed by atoms with Gasteiger partial charge in [0.2, 0.25) is 0 Å². The number of fused-ring (bicyclic) bond motifs is 1. The van der Waals surface area contributed by atoms with E-state index in [-0.39, 0.29) is 0 Å². The van der Waals surface area contributed by atoms with Crippen LogP contribution < -0.4 is 4.90 Å². The van der Waals surface area contributed by atoms with Crippen molar-refractivity contribution in [1.82, 2.24) is 4.98 Å². The fourth-order valence-corrected chi connectivity index (χ4v) is 3.32. The van der Waals surface area contributed by atoms with Crippen LogP contribution in [0.1, 0.15) is 21.7 Å². The summed E-state index contributed by atoms with van der Waals surface area (Å²) in [4.78, 5) is 17.8. The second-order valence-electron chi connectivity index (χ2n) is 4.15. The van der Waals surface area contributed by atoms with Crippen molar-refractivity contribution in [3.05, 3.63) is 39.9 Å². The molecule has 0 N–H and O–H groups in total. The van der Waals surface area contributed by atoms with E-state index in [4.69, 9.17) is 11.6 Å². The fraction of sp³-hybridized carbons (Fsp3) is 0.231. The molecule has 2 heterocycles. The largest absolute Gasteiger partial charge is 0.317 e. The van der Waals surface area contributed by atoms with E-state index in [0.29, 0.717) is 10.0 Å². The molecular weight excluding hydrogens is 268 g/mol. The van der Waals surface area contributed by atoms with Gasteiger partial charge in [0, 0.05) is 12.2 Å². The first-order chi connectivity index (χ1) is 8.79. The number of rotatable bonds is 2. The number of aromatic nitrogens is 1. The normalized spacial score (nSPS) is 14.4. The van der Waals surface area contributed by atoms with Gasteiger partial charge in [0.15, 0.2) is 16.6 Å². The van der Waals surface area contributed by atoms with Gasteiger partial charge in [0.25, 0.3) is 0 Å². The summed E-state index contributed by atoms with van der Waals surface area (Å²) in [5.41, 5.74) is 2.49. The topological polar surface area (TPSA) is 33.2 Å². The molecule has 3 nitrogen and oxygen atoms in total.